The van der Waals surface area contributed by atoms with Crippen molar-refractivity contribution in [3.05, 3.63) is 138 Å². The molecule has 0 aliphatic carbocycles. The van der Waals surface area contributed by atoms with E-state index in [1.54, 1.807) is 129 Å². The number of hydrogen-bond acceptors (Lipinski definition) is 9. The first-order valence-electron chi connectivity index (χ1n) is 13.8. The monoisotopic (exact) mass is 591 g/mol. The van der Waals surface area contributed by atoms with Crippen molar-refractivity contribution in [2.45, 2.75) is 26.1 Å². The molecule has 0 saturated heterocycles. The second-order valence-corrected chi connectivity index (χ2v) is 9.84. The normalized spacial score (nSPS) is 12.1. The van der Waals surface area contributed by atoms with Gasteiger partial charge in [-0.3, -0.25) is 0 Å². The van der Waals surface area contributed by atoms with Crippen LogP contribution >= 0.6 is 0 Å². The third kappa shape index (κ3) is 7.86. The smallest absolute Gasteiger partial charge is 0.343 e. The summed E-state index contributed by atoms with van der Waals surface area (Å²) in [6.45, 7) is 3.32. The molecule has 2 atom stereocenters. The molecule has 0 fully saturated rings. The van der Waals surface area contributed by atoms with Gasteiger partial charge in [0.2, 0.25) is 11.8 Å². The molecule has 1 aromatic heterocycles. The molecule has 5 aromatic rings. The molecule has 44 heavy (non-hydrogen) atoms. The van der Waals surface area contributed by atoms with Gasteiger partial charge in [0.05, 0.1) is 23.3 Å². The van der Waals surface area contributed by atoms with Crippen molar-refractivity contribution < 1.29 is 38.7 Å². The van der Waals surface area contributed by atoms with Crippen LogP contribution in [0, 0.1) is 0 Å². The molecular weight excluding hydrogens is 562 g/mol. The van der Waals surface area contributed by atoms with Gasteiger partial charge >= 0.3 is 11.9 Å². The third-order valence-corrected chi connectivity index (χ3v) is 6.47. The van der Waals surface area contributed by atoms with Crippen LogP contribution in [0.1, 0.15) is 57.9 Å². The molecule has 0 aliphatic rings. The lowest BCUT2D eigenvalue weighted by Crippen LogP contribution is -2.08. The third-order valence-electron chi connectivity index (χ3n) is 6.47. The minimum absolute atomic E-state index is 0.276. The van der Waals surface area contributed by atoms with Crippen molar-refractivity contribution in [3.8, 4) is 34.8 Å². The van der Waals surface area contributed by atoms with Crippen LogP contribution in [0.4, 0.5) is 0 Å². The Hall–Kier alpha value is -5.51. The maximum absolute atomic E-state index is 12.5. The number of aliphatic hydroxyl groups excluding tert-OH is 2. The molecule has 0 saturated carbocycles. The van der Waals surface area contributed by atoms with E-state index < -0.39 is 24.1 Å². The van der Waals surface area contributed by atoms with Crippen molar-refractivity contribution in [3.63, 3.8) is 0 Å². The summed E-state index contributed by atoms with van der Waals surface area (Å²) >= 11 is 0. The second kappa shape index (κ2) is 13.6. The fourth-order valence-corrected chi connectivity index (χ4v) is 4.03. The van der Waals surface area contributed by atoms with Crippen molar-refractivity contribution in [1.82, 2.24) is 4.98 Å². The zero-order valence-electron chi connectivity index (χ0n) is 23.9. The van der Waals surface area contributed by atoms with Crippen molar-refractivity contribution >= 4 is 11.9 Å². The predicted octanol–water partition coefficient (Wildman–Crippen LogP) is 7.21. The first-order valence-corrected chi connectivity index (χ1v) is 13.8. The number of carbonyl (C=O) groups excluding carboxylic acids is 2. The van der Waals surface area contributed by atoms with Crippen LogP contribution in [0.25, 0.3) is 0 Å². The van der Waals surface area contributed by atoms with E-state index in [4.69, 9.17) is 18.9 Å². The van der Waals surface area contributed by atoms with Crippen LogP contribution in [-0.4, -0.2) is 27.1 Å². The molecule has 0 aliphatic heterocycles. The molecule has 4 aromatic carbocycles. The Morgan fingerprint density at radius 3 is 1.20 bits per heavy atom. The lowest BCUT2D eigenvalue weighted by atomic mass is 10.1. The van der Waals surface area contributed by atoms with Crippen LogP contribution in [0.2, 0.25) is 0 Å². The van der Waals surface area contributed by atoms with Crippen LogP contribution in [0.5, 0.6) is 34.8 Å². The van der Waals surface area contributed by atoms with E-state index in [0.717, 1.165) is 11.1 Å². The number of hydrogen-bond donors (Lipinski definition) is 2. The van der Waals surface area contributed by atoms with Crippen LogP contribution < -0.4 is 18.9 Å². The summed E-state index contributed by atoms with van der Waals surface area (Å²) in [6, 6.07) is 31.2. The summed E-state index contributed by atoms with van der Waals surface area (Å²) in [7, 11) is 0. The number of carbonyl (C=O) groups is 2. The minimum atomic E-state index is -0.605. The number of rotatable bonds is 10. The van der Waals surface area contributed by atoms with Crippen molar-refractivity contribution in [2.75, 3.05) is 0 Å². The van der Waals surface area contributed by atoms with E-state index >= 15 is 0 Å². The quantitative estimate of drug-likeness (QED) is 0.128. The number of pyridine rings is 1. The zero-order valence-corrected chi connectivity index (χ0v) is 23.9. The lowest BCUT2D eigenvalue weighted by Gasteiger charge is -2.10. The molecule has 9 heteroatoms. The maximum atomic E-state index is 12.5. The number of aromatic nitrogens is 1. The first kappa shape index (κ1) is 30.0. The highest BCUT2D eigenvalue weighted by Crippen LogP contribution is 2.26. The molecule has 2 unspecified atom stereocenters. The summed E-state index contributed by atoms with van der Waals surface area (Å²) in [5, 5.41) is 19.2. The van der Waals surface area contributed by atoms with Gasteiger partial charge in [0.25, 0.3) is 0 Å². The van der Waals surface area contributed by atoms with Gasteiger partial charge in [-0.25, -0.2) is 9.59 Å². The fraction of sp³-hybridized carbons (Fsp3) is 0.114. The van der Waals surface area contributed by atoms with Gasteiger partial charge in [0.1, 0.15) is 23.0 Å². The highest BCUT2D eigenvalue weighted by Gasteiger charge is 2.12. The van der Waals surface area contributed by atoms with Crippen molar-refractivity contribution in [1.29, 1.82) is 0 Å². The summed E-state index contributed by atoms with van der Waals surface area (Å²) in [5.41, 5.74) is 2.12. The van der Waals surface area contributed by atoms with Crippen LogP contribution in [0.15, 0.2) is 115 Å². The Morgan fingerprint density at radius 1 is 0.523 bits per heavy atom. The number of esters is 2. The van der Waals surface area contributed by atoms with Gasteiger partial charge in [-0.1, -0.05) is 30.3 Å². The molecule has 0 amide bonds. The van der Waals surface area contributed by atoms with Gasteiger partial charge < -0.3 is 29.2 Å². The second-order valence-electron chi connectivity index (χ2n) is 9.84. The topological polar surface area (TPSA) is 124 Å². The standard InChI is InChI=1S/C35H29NO8/c1-22(37)24-6-14-30(15-7-24)43-34(39)26-10-18-28(19-11-26)41-32-4-3-5-33(36-32)42-29-20-12-27(13-21-29)35(40)44-31-16-8-25(9-17-31)23(2)38/h3-23,37-38H,1-2H3. The van der Waals surface area contributed by atoms with Gasteiger partial charge in [-0.15, -0.1) is 0 Å². The number of benzene rings is 4. The largest absolute Gasteiger partial charge is 0.439 e. The van der Waals surface area contributed by atoms with E-state index in [1.807, 2.05) is 0 Å². The van der Waals surface area contributed by atoms with Gasteiger partial charge in [-0.05, 0) is 97.8 Å². The van der Waals surface area contributed by atoms with Gasteiger partial charge in [-0.2, -0.15) is 4.98 Å². The average Bonchev–Trinajstić information content (AvgIpc) is 3.02. The maximum Gasteiger partial charge on any atom is 0.343 e. The van der Waals surface area contributed by atoms with E-state index in [0.29, 0.717) is 34.1 Å². The Morgan fingerprint density at radius 2 is 0.864 bits per heavy atom. The van der Waals surface area contributed by atoms with Crippen LogP contribution in [-0.2, 0) is 0 Å². The fourth-order valence-electron chi connectivity index (χ4n) is 4.03. The van der Waals surface area contributed by atoms with Crippen molar-refractivity contribution in [2.24, 2.45) is 0 Å². The van der Waals surface area contributed by atoms with Gasteiger partial charge in [0.15, 0.2) is 0 Å². The van der Waals surface area contributed by atoms with E-state index in [9.17, 15) is 19.8 Å². The van der Waals surface area contributed by atoms with E-state index in [2.05, 4.69) is 4.98 Å². The Balaban J connectivity index is 1.15. The van der Waals surface area contributed by atoms with E-state index in [-0.39, 0.29) is 11.8 Å². The Bertz CT molecular complexity index is 1590. The number of nitrogens with zero attached hydrogens (tertiary/aromatic N) is 1. The molecule has 9 nitrogen and oxygen atoms in total. The highest BCUT2D eigenvalue weighted by atomic mass is 16.5. The molecule has 222 valence electrons. The summed E-state index contributed by atoms with van der Waals surface area (Å²) in [6.07, 6.45) is -1.21. The minimum Gasteiger partial charge on any atom is -0.439 e. The molecule has 5 rings (SSSR count). The summed E-state index contributed by atoms with van der Waals surface area (Å²) in [4.78, 5) is 29.4. The predicted molar refractivity (Wildman–Crippen MR) is 161 cm³/mol. The molecule has 0 spiro atoms. The molecule has 0 radical (unpaired) electrons. The SMILES string of the molecule is CC(O)c1ccc(OC(=O)c2ccc(Oc3cccc(Oc4ccc(C(=O)Oc5ccc(C(C)O)cc5)cc4)n3)cc2)cc1. The summed E-state index contributed by atoms with van der Waals surface area (Å²) in [5.74, 6) is 1.15. The molecular formula is C35H29NO8. The summed E-state index contributed by atoms with van der Waals surface area (Å²) < 4.78 is 22.5. The van der Waals surface area contributed by atoms with Crippen LogP contribution in [0.3, 0.4) is 0 Å². The highest BCUT2D eigenvalue weighted by molar-refractivity contribution is 5.91. The Labute approximate surface area is 253 Å². The molecule has 0 bridgehead atoms. The first-order chi connectivity index (χ1) is 21.2. The lowest BCUT2D eigenvalue weighted by molar-refractivity contribution is 0.0725. The molecule has 1 heterocycles. The zero-order chi connectivity index (χ0) is 31.1. The van der Waals surface area contributed by atoms with Gasteiger partial charge in [0, 0.05) is 12.1 Å². The molecule has 2 N–H and O–H groups in total. The average molecular weight is 592 g/mol. The van der Waals surface area contributed by atoms with E-state index in [1.165, 1.54) is 0 Å². The number of aliphatic hydroxyl groups is 2. The number of ether oxygens (including phenoxy) is 4. The Kier molecular flexibility index (Phi) is 9.29.